The summed E-state index contributed by atoms with van der Waals surface area (Å²) in [5.74, 6) is 0.713. The molecular weight excluding hydrogens is 407 g/mol. The second-order valence-corrected chi connectivity index (χ2v) is 7.59. The summed E-state index contributed by atoms with van der Waals surface area (Å²) in [4.78, 5) is 21.2. The van der Waals surface area contributed by atoms with Gasteiger partial charge in [-0.1, -0.05) is 0 Å². The highest BCUT2D eigenvalue weighted by molar-refractivity contribution is 7.13. The fourth-order valence-corrected chi connectivity index (χ4v) is 3.57. The second kappa shape index (κ2) is 12.1. The number of aryl methyl sites for hydroxylation is 1. The average molecular weight is 437 g/mol. The molecule has 0 aliphatic heterocycles. The predicted octanol–water partition coefficient (Wildman–Crippen LogP) is 3.85. The van der Waals surface area contributed by atoms with Crippen LogP contribution in [0.25, 0.3) is 0 Å². The maximum atomic E-state index is 12.9. The first kappa shape index (κ1) is 23.6. The molecule has 7 nitrogen and oxygen atoms in total. The number of esters is 1. The lowest BCUT2D eigenvalue weighted by atomic mass is 10.3. The number of benzene rings is 1. The van der Waals surface area contributed by atoms with Gasteiger partial charge in [-0.2, -0.15) is 0 Å². The molecule has 1 heterocycles. The number of halogens is 1. The van der Waals surface area contributed by atoms with Crippen molar-refractivity contribution in [2.75, 3.05) is 26.8 Å². The molecule has 0 spiro atoms. The number of hydrogen-bond acceptors (Lipinski definition) is 6. The number of rotatable bonds is 10. The van der Waals surface area contributed by atoms with E-state index in [2.05, 4.69) is 20.6 Å². The Labute approximate surface area is 180 Å². The number of carbonyl (C=O) groups excluding carboxylic acids is 1. The molecule has 1 atom stereocenters. The molecule has 0 radical (unpaired) electrons. The number of ether oxygens (including phenoxy) is 2. The number of carbonyl (C=O) groups is 1. The van der Waals surface area contributed by atoms with Gasteiger partial charge in [-0.05, 0) is 57.9 Å². The smallest absolute Gasteiger partial charge is 0.350 e. The maximum absolute atomic E-state index is 12.9. The molecule has 1 aromatic carbocycles. The van der Waals surface area contributed by atoms with E-state index in [1.807, 2.05) is 6.92 Å². The summed E-state index contributed by atoms with van der Waals surface area (Å²) < 4.78 is 23.5. The molecule has 2 N–H and O–H groups in total. The van der Waals surface area contributed by atoms with E-state index in [-0.39, 0.29) is 17.8 Å². The molecule has 30 heavy (non-hydrogen) atoms. The number of thiazole rings is 1. The van der Waals surface area contributed by atoms with Crippen molar-refractivity contribution in [3.8, 4) is 5.75 Å². The first-order chi connectivity index (χ1) is 14.4. The predicted molar refractivity (Wildman–Crippen MR) is 117 cm³/mol. The maximum Gasteiger partial charge on any atom is 0.350 e. The normalized spacial score (nSPS) is 12.4. The third-order valence-corrected chi connectivity index (χ3v) is 5.49. The van der Waals surface area contributed by atoms with E-state index < -0.39 is 0 Å². The third-order valence-electron chi connectivity index (χ3n) is 4.17. The van der Waals surface area contributed by atoms with Crippen molar-refractivity contribution in [1.29, 1.82) is 0 Å². The minimum atomic E-state index is -0.337. The molecule has 0 aliphatic carbocycles. The van der Waals surface area contributed by atoms with Gasteiger partial charge in [0.1, 0.15) is 21.5 Å². The fourth-order valence-electron chi connectivity index (χ4n) is 2.60. The van der Waals surface area contributed by atoms with Crippen LogP contribution in [-0.4, -0.2) is 43.7 Å². The van der Waals surface area contributed by atoms with Gasteiger partial charge < -0.3 is 20.1 Å². The van der Waals surface area contributed by atoms with E-state index in [0.29, 0.717) is 35.5 Å². The van der Waals surface area contributed by atoms with E-state index in [4.69, 9.17) is 9.47 Å². The van der Waals surface area contributed by atoms with Crippen molar-refractivity contribution >= 4 is 23.3 Å². The number of hydrogen-bond donors (Lipinski definition) is 2. The molecule has 1 aromatic heterocycles. The van der Waals surface area contributed by atoms with Crippen LogP contribution < -0.4 is 15.4 Å². The van der Waals surface area contributed by atoms with Gasteiger partial charge in [-0.15, -0.1) is 11.3 Å². The Kier molecular flexibility index (Phi) is 9.53. The van der Waals surface area contributed by atoms with Gasteiger partial charge in [0.25, 0.3) is 0 Å². The lowest BCUT2D eigenvalue weighted by molar-refractivity contribution is 0.0531. The Hall–Kier alpha value is -2.68. The van der Waals surface area contributed by atoms with Crippen molar-refractivity contribution < 1.29 is 18.7 Å². The quantitative estimate of drug-likeness (QED) is 0.255. The summed E-state index contributed by atoms with van der Waals surface area (Å²) in [6.45, 7) is 7.18. The topological polar surface area (TPSA) is 84.8 Å². The van der Waals surface area contributed by atoms with Gasteiger partial charge in [0.2, 0.25) is 0 Å². The minimum absolute atomic E-state index is 0.107. The molecule has 9 heteroatoms. The lowest BCUT2D eigenvalue weighted by Gasteiger charge is -2.16. The van der Waals surface area contributed by atoms with Crippen molar-refractivity contribution in [3.63, 3.8) is 0 Å². The van der Waals surface area contributed by atoms with Crippen LogP contribution in [0, 0.1) is 12.7 Å². The number of aliphatic imine (C=N–C) groups is 1. The summed E-state index contributed by atoms with van der Waals surface area (Å²) in [5, 5.41) is 7.34. The molecule has 0 amide bonds. The van der Waals surface area contributed by atoms with E-state index in [1.54, 1.807) is 33.0 Å². The Morgan fingerprint density at radius 3 is 2.70 bits per heavy atom. The number of aromatic nitrogens is 1. The van der Waals surface area contributed by atoms with Gasteiger partial charge in [0, 0.05) is 13.6 Å². The summed E-state index contributed by atoms with van der Waals surface area (Å²) in [6.07, 6.45) is 1.74. The largest absolute Gasteiger partial charge is 0.494 e. The zero-order valence-electron chi connectivity index (χ0n) is 17.8. The SMILES string of the molecule is CCOC(=O)c1sc(C(C)NC(=NC)NCCCCOc2ccc(F)cc2)nc1C. The molecule has 0 bridgehead atoms. The molecule has 0 aliphatic rings. The fraction of sp³-hybridized carbons (Fsp3) is 0.476. The van der Waals surface area contributed by atoms with Crippen molar-refractivity contribution in [3.05, 3.63) is 45.7 Å². The van der Waals surface area contributed by atoms with E-state index in [9.17, 15) is 9.18 Å². The first-order valence-corrected chi connectivity index (χ1v) is 10.8. The number of guanidine groups is 1. The Morgan fingerprint density at radius 1 is 1.30 bits per heavy atom. The van der Waals surface area contributed by atoms with Crippen molar-refractivity contribution in [2.24, 2.45) is 4.99 Å². The highest BCUT2D eigenvalue weighted by Gasteiger charge is 2.20. The van der Waals surface area contributed by atoms with E-state index in [0.717, 1.165) is 24.4 Å². The van der Waals surface area contributed by atoms with Gasteiger partial charge in [0.05, 0.1) is 24.9 Å². The van der Waals surface area contributed by atoms with Crippen LogP contribution in [0.1, 0.15) is 53.1 Å². The van der Waals surface area contributed by atoms with E-state index >= 15 is 0 Å². The molecule has 164 valence electrons. The number of nitrogens with one attached hydrogen (secondary N) is 2. The van der Waals surface area contributed by atoms with Gasteiger partial charge in [-0.3, -0.25) is 4.99 Å². The third kappa shape index (κ3) is 7.29. The Morgan fingerprint density at radius 2 is 2.03 bits per heavy atom. The van der Waals surface area contributed by atoms with Gasteiger partial charge in [-0.25, -0.2) is 14.2 Å². The summed E-state index contributed by atoms with van der Waals surface area (Å²) >= 11 is 1.33. The summed E-state index contributed by atoms with van der Waals surface area (Å²) in [7, 11) is 1.71. The molecule has 0 fully saturated rings. The average Bonchev–Trinajstić information content (AvgIpc) is 3.13. The number of unbranched alkanes of at least 4 members (excludes halogenated alkanes) is 1. The van der Waals surface area contributed by atoms with Gasteiger partial charge >= 0.3 is 5.97 Å². The Balaban J connectivity index is 1.73. The van der Waals surface area contributed by atoms with Crippen molar-refractivity contribution in [1.82, 2.24) is 15.6 Å². The van der Waals surface area contributed by atoms with Crippen LogP contribution in [0.2, 0.25) is 0 Å². The Bertz CT molecular complexity index is 839. The molecule has 2 rings (SSSR count). The highest BCUT2D eigenvalue weighted by Crippen LogP contribution is 2.24. The second-order valence-electron chi connectivity index (χ2n) is 6.56. The summed E-state index contributed by atoms with van der Waals surface area (Å²) in [6, 6.07) is 5.90. The number of nitrogens with zero attached hydrogens (tertiary/aromatic N) is 2. The van der Waals surface area contributed by atoms with Crippen molar-refractivity contribution in [2.45, 2.75) is 39.7 Å². The van der Waals surface area contributed by atoms with Gasteiger partial charge in [0.15, 0.2) is 5.96 Å². The zero-order chi connectivity index (χ0) is 21.9. The van der Waals surface area contributed by atoms with Crippen LogP contribution in [0.3, 0.4) is 0 Å². The minimum Gasteiger partial charge on any atom is -0.494 e. The van der Waals surface area contributed by atoms with Crippen LogP contribution in [-0.2, 0) is 4.74 Å². The highest BCUT2D eigenvalue weighted by atomic mass is 32.1. The summed E-state index contributed by atoms with van der Waals surface area (Å²) in [5.41, 5.74) is 0.672. The molecule has 1 unspecified atom stereocenters. The van der Waals surface area contributed by atoms with E-state index in [1.165, 1.54) is 23.5 Å². The molecule has 2 aromatic rings. The standard InChI is InChI=1S/C21H29FN4O3S/c1-5-28-20(27)18-14(2)25-19(30-18)15(3)26-21(23-4)24-12-6-7-13-29-17-10-8-16(22)9-11-17/h8-11,15H,5-7,12-13H2,1-4H3,(H2,23,24,26). The van der Waals surface area contributed by atoms with Crippen LogP contribution in [0.5, 0.6) is 5.75 Å². The zero-order valence-corrected chi connectivity index (χ0v) is 18.6. The molecular formula is C21H29FN4O3S. The molecule has 0 saturated heterocycles. The van der Waals surface area contributed by atoms with Crippen LogP contribution in [0.4, 0.5) is 4.39 Å². The first-order valence-electron chi connectivity index (χ1n) is 9.94. The van der Waals surface area contributed by atoms with Crippen LogP contribution in [0.15, 0.2) is 29.3 Å². The molecule has 0 saturated carbocycles. The van der Waals surface area contributed by atoms with Crippen LogP contribution >= 0.6 is 11.3 Å². The lowest BCUT2D eigenvalue weighted by Crippen LogP contribution is -2.39. The monoisotopic (exact) mass is 436 g/mol.